The fraction of sp³-hybridized carbons (Fsp3) is 0.407. The lowest BCUT2D eigenvalue weighted by Crippen LogP contribution is -2.32. The average molecular weight is 461 g/mol. The highest BCUT2D eigenvalue weighted by Crippen LogP contribution is 2.35. The van der Waals surface area contributed by atoms with Gasteiger partial charge >= 0.3 is 0 Å². The number of amides is 1. The number of piperidine rings is 1. The molecule has 1 saturated heterocycles. The fourth-order valence-corrected chi connectivity index (χ4v) is 4.79. The van der Waals surface area contributed by atoms with Crippen LogP contribution in [0.1, 0.15) is 41.6 Å². The number of carbonyl (C=O) groups excluding carboxylic acids is 1. The van der Waals surface area contributed by atoms with Gasteiger partial charge in [-0.3, -0.25) is 9.48 Å². The average Bonchev–Trinajstić information content (AvgIpc) is 3.10. The Bertz CT molecular complexity index is 1170. The Morgan fingerprint density at radius 2 is 1.76 bits per heavy atom. The molecule has 2 aromatic carbocycles. The van der Waals surface area contributed by atoms with Gasteiger partial charge in [-0.25, -0.2) is 0 Å². The number of para-hydroxylation sites is 1. The van der Waals surface area contributed by atoms with Gasteiger partial charge < -0.3 is 19.3 Å². The summed E-state index contributed by atoms with van der Waals surface area (Å²) in [7, 11) is 3.70. The molecule has 0 unspecified atom stereocenters. The zero-order valence-corrected chi connectivity index (χ0v) is 20.0. The van der Waals surface area contributed by atoms with E-state index in [9.17, 15) is 4.79 Å². The number of ether oxygens (including phenoxy) is 2. The van der Waals surface area contributed by atoms with E-state index in [1.807, 2.05) is 38.4 Å². The Kier molecular flexibility index (Phi) is 6.43. The van der Waals surface area contributed by atoms with E-state index < -0.39 is 0 Å². The summed E-state index contributed by atoms with van der Waals surface area (Å²) in [6.45, 7) is 3.95. The summed E-state index contributed by atoms with van der Waals surface area (Å²) in [5, 5.41) is 4.62. The first kappa shape index (κ1) is 22.3. The van der Waals surface area contributed by atoms with Crippen molar-refractivity contribution >= 4 is 11.6 Å². The number of nitrogens with zero attached hydrogens (tertiary/aromatic N) is 4. The quantitative estimate of drug-likeness (QED) is 0.561. The molecule has 0 radical (unpaired) electrons. The maximum Gasteiger partial charge on any atom is 0.257 e. The molecule has 1 fully saturated rings. The summed E-state index contributed by atoms with van der Waals surface area (Å²) >= 11 is 0. The van der Waals surface area contributed by atoms with Crippen molar-refractivity contribution in [2.75, 3.05) is 38.3 Å². The summed E-state index contributed by atoms with van der Waals surface area (Å²) in [5.41, 5.74) is 4.47. The molecule has 0 saturated carbocycles. The Morgan fingerprint density at radius 1 is 1.00 bits per heavy atom. The van der Waals surface area contributed by atoms with E-state index in [4.69, 9.17) is 9.47 Å². The zero-order chi connectivity index (χ0) is 23.5. The molecule has 0 bridgehead atoms. The van der Waals surface area contributed by atoms with Crippen molar-refractivity contribution in [2.45, 2.75) is 32.2 Å². The van der Waals surface area contributed by atoms with E-state index in [-0.39, 0.29) is 5.91 Å². The number of benzene rings is 2. The van der Waals surface area contributed by atoms with Crippen molar-refractivity contribution in [2.24, 2.45) is 7.05 Å². The molecule has 0 N–H and O–H groups in total. The fourth-order valence-electron chi connectivity index (χ4n) is 4.79. The van der Waals surface area contributed by atoms with Gasteiger partial charge in [-0.05, 0) is 49.1 Å². The van der Waals surface area contributed by atoms with Gasteiger partial charge in [-0.2, -0.15) is 5.10 Å². The first-order valence-electron chi connectivity index (χ1n) is 12.1. The predicted molar refractivity (Wildman–Crippen MR) is 133 cm³/mol. The maximum atomic E-state index is 13.6. The van der Waals surface area contributed by atoms with E-state index >= 15 is 0 Å². The molecule has 7 heteroatoms. The van der Waals surface area contributed by atoms with Gasteiger partial charge in [-0.15, -0.1) is 0 Å². The van der Waals surface area contributed by atoms with Crippen LogP contribution in [-0.2, 0) is 13.6 Å². The molecular formula is C27H32N4O3. The van der Waals surface area contributed by atoms with Crippen LogP contribution >= 0.6 is 0 Å². The van der Waals surface area contributed by atoms with E-state index in [0.717, 1.165) is 30.8 Å². The summed E-state index contributed by atoms with van der Waals surface area (Å²) in [6.07, 6.45) is 6.38. The van der Waals surface area contributed by atoms with Crippen LogP contribution in [0.4, 0.5) is 5.69 Å². The number of aromatic nitrogens is 2. The Morgan fingerprint density at radius 3 is 2.59 bits per heavy atom. The third kappa shape index (κ3) is 4.60. The van der Waals surface area contributed by atoms with Crippen LogP contribution in [0.15, 0.2) is 48.7 Å². The smallest absolute Gasteiger partial charge is 0.257 e. The third-order valence-electron chi connectivity index (χ3n) is 6.52. The molecule has 34 heavy (non-hydrogen) atoms. The van der Waals surface area contributed by atoms with E-state index in [1.165, 1.54) is 30.5 Å². The highest BCUT2D eigenvalue weighted by molar-refractivity contribution is 5.99. The summed E-state index contributed by atoms with van der Waals surface area (Å²) < 4.78 is 13.3. The first-order valence-corrected chi connectivity index (χ1v) is 12.1. The topological polar surface area (TPSA) is 59.8 Å². The normalized spacial score (nSPS) is 15.6. The molecule has 1 aromatic heterocycles. The molecule has 2 aliphatic rings. The number of fused-ring (bicyclic) bond motifs is 1. The monoisotopic (exact) mass is 460 g/mol. The lowest BCUT2D eigenvalue weighted by molar-refractivity contribution is 0.0786. The second-order valence-corrected chi connectivity index (χ2v) is 9.11. The lowest BCUT2D eigenvalue weighted by atomic mass is 10.1. The number of rotatable bonds is 5. The van der Waals surface area contributed by atoms with Crippen molar-refractivity contribution in [1.29, 1.82) is 0 Å². The van der Waals surface area contributed by atoms with Crippen molar-refractivity contribution in [3.05, 3.63) is 59.8 Å². The molecule has 0 aliphatic carbocycles. The van der Waals surface area contributed by atoms with Crippen molar-refractivity contribution < 1.29 is 14.3 Å². The molecule has 3 heterocycles. The van der Waals surface area contributed by atoms with Crippen LogP contribution in [0.3, 0.4) is 0 Å². The molecule has 0 spiro atoms. The number of hydrogen-bond acceptors (Lipinski definition) is 5. The zero-order valence-electron chi connectivity index (χ0n) is 20.0. The highest BCUT2D eigenvalue weighted by Gasteiger charge is 2.23. The largest absolute Gasteiger partial charge is 0.490 e. The van der Waals surface area contributed by atoms with Gasteiger partial charge in [0.15, 0.2) is 11.5 Å². The van der Waals surface area contributed by atoms with Crippen molar-refractivity contribution in [3.63, 3.8) is 0 Å². The van der Waals surface area contributed by atoms with Crippen LogP contribution in [-0.4, -0.2) is 53.9 Å². The predicted octanol–water partition coefficient (Wildman–Crippen LogP) is 4.51. The van der Waals surface area contributed by atoms with E-state index in [0.29, 0.717) is 36.8 Å². The van der Waals surface area contributed by atoms with Crippen molar-refractivity contribution in [1.82, 2.24) is 14.7 Å². The molecule has 1 amide bonds. The van der Waals surface area contributed by atoms with Crippen molar-refractivity contribution in [3.8, 4) is 22.8 Å². The maximum absolute atomic E-state index is 13.6. The molecule has 0 atom stereocenters. The van der Waals surface area contributed by atoms with Crippen LogP contribution in [0.5, 0.6) is 11.5 Å². The standard InChI is InChI=1S/C27H32N4O3/c1-29(18-21-9-4-5-10-23(21)31-13-6-3-7-14-31)27(32)22-19-30(2)28-26(22)20-11-12-24-25(17-20)34-16-8-15-33-24/h4-5,9-12,17,19H,3,6-8,13-16,18H2,1-2H3. The SMILES string of the molecule is CN(Cc1ccccc1N1CCCCC1)C(=O)c1cn(C)nc1-c1ccc2c(c1)OCCCO2. The van der Waals surface area contributed by atoms with E-state index in [1.54, 1.807) is 15.8 Å². The summed E-state index contributed by atoms with van der Waals surface area (Å²) in [4.78, 5) is 17.8. The van der Waals surface area contributed by atoms with Gasteiger partial charge in [-0.1, -0.05) is 18.2 Å². The highest BCUT2D eigenvalue weighted by atomic mass is 16.5. The minimum absolute atomic E-state index is 0.0522. The minimum Gasteiger partial charge on any atom is -0.490 e. The minimum atomic E-state index is -0.0522. The number of carbonyl (C=O) groups is 1. The molecule has 2 aliphatic heterocycles. The summed E-state index contributed by atoms with van der Waals surface area (Å²) in [5.74, 6) is 1.38. The first-order chi connectivity index (χ1) is 16.6. The second kappa shape index (κ2) is 9.79. The molecule has 178 valence electrons. The van der Waals surface area contributed by atoms with Gasteiger partial charge in [0.2, 0.25) is 0 Å². The summed E-state index contributed by atoms with van der Waals surface area (Å²) in [6, 6.07) is 14.2. The van der Waals surface area contributed by atoms with Crippen LogP contribution in [0.25, 0.3) is 11.3 Å². The van der Waals surface area contributed by atoms with Crippen LogP contribution in [0, 0.1) is 0 Å². The third-order valence-corrected chi connectivity index (χ3v) is 6.52. The van der Waals surface area contributed by atoms with Gasteiger partial charge in [0.1, 0.15) is 5.69 Å². The van der Waals surface area contributed by atoms with Gasteiger partial charge in [0, 0.05) is 57.6 Å². The van der Waals surface area contributed by atoms with Gasteiger partial charge in [0.25, 0.3) is 5.91 Å². The lowest BCUT2D eigenvalue weighted by Gasteiger charge is -2.31. The molecular weight excluding hydrogens is 428 g/mol. The Labute approximate surface area is 200 Å². The van der Waals surface area contributed by atoms with Crippen LogP contribution in [0.2, 0.25) is 0 Å². The Hall–Kier alpha value is -3.48. The van der Waals surface area contributed by atoms with Gasteiger partial charge in [0.05, 0.1) is 18.8 Å². The van der Waals surface area contributed by atoms with E-state index in [2.05, 4.69) is 28.2 Å². The Balaban J connectivity index is 1.40. The number of aryl methyl sites for hydroxylation is 1. The second-order valence-electron chi connectivity index (χ2n) is 9.11. The number of hydrogen-bond donors (Lipinski definition) is 0. The molecule has 7 nitrogen and oxygen atoms in total. The number of anilines is 1. The van der Waals surface area contributed by atoms with Crippen LogP contribution < -0.4 is 14.4 Å². The molecule has 5 rings (SSSR count). The molecule has 3 aromatic rings.